The summed E-state index contributed by atoms with van der Waals surface area (Å²) < 4.78 is 1.45. The summed E-state index contributed by atoms with van der Waals surface area (Å²) in [4.78, 5) is 23.0. The number of nitro benzene ring substituents is 1. The number of pyridine rings is 1. The van der Waals surface area contributed by atoms with E-state index >= 15 is 0 Å². The number of non-ortho nitro benzene ring substituents is 1. The van der Waals surface area contributed by atoms with Crippen molar-refractivity contribution in [3.8, 4) is 11.9 Å². The van der Waals surface area contributed by atoms with Crippen molar-refractivity contribution in [3.63, 3.8) is 0 Å². The van der Waals surface area contributed by atoms with Crippen LogP contribution in [0, 0.1) is 28.4 Å². The van der Waals surface area contributed by atoms with Gasteiger partial charge in [-0.1, -0.05) is 6.92 Å². The van der Waals surface area contributed by atoms with Crippen molar-refractivity contribution >= 4 is 33.0 Å². The van der Waals surface area contributed by atoms with Gasteiger partial charge in [0.15, 0.2) is 5.69 Å². The fraction of sp³-hybridized carbons (Fsp3) is 0.294. The van der Waals surface area contributed by atoms with Gasteiger partial charge in [0.25, 0.3) is 11.2 Å². The lowest BCUT2D eigenvalue weighted by molar-refractivity contribution is -0.384. The van der Waals surface area contributed by atoms with Crippen molar-refractivity contribution < 1.29 is 10.0 Å². The topological polar surface area (TPSA) is 134 Å². The molecule has 0 radical (unpaired) electrons. The van der Waals surface area contributed by atoms with Crippen LogP contribution in [-0.4, -0.2) is 14.6 Å². The number of azo groups is 1. The second-order valence-electron chi connectivity index (χ2n) is 5.81. The van der Waals surface area contributed by atoms with Crippen LogP contribution < -0.4 is 5.56 Å². The molecule has 1 heterocycles. The maximum atomic E-state index is 12.8. The third kappa shape index (κ3) is 3.88. The molecule has 1 aromatic carbocycles. The summed E-state index contributed by atoms with van der Waals surface area (Å²) in [6.07, 6.45) is 0.561. The lowest BCUT2D eigenvalue weighted by atomic mass is 10.1. The molecule has 0 aliphatic heterocycles. The highest BCUT2D eigenvalue weighted by Crippen LogP contribution is 2.32. The van der Waals surface area contributed by atoms with Crippen LogP contribution in [0.3, 0.4) is 0 Å². The summed E-state index contributed by atoms with van der Waals surface area (Å²) >= 11 is 3.18. The Morgan fingerprint density at radius 1 is 1.44 bits per heavy atom. The Kier molecular flexibility index (Phi) is 6.07. The van der Waals surface area contributed by atoms with Crippen molar-refractivity contribution in [3.05, 3.63) is 54.3 Å². The van der Waals surface area contributed by atoms with Gasteiger partial charge in [0, 0.05) is 23.7 Å². The van der Waals surface area contributed by atoms with Crippen molar-refractivity contribution in [2.24, 2.45) is 10.2 Å². The van der Waals surface area contributed by atoms with E-state index in [1.165, 1.54) is 25.1 Å². The smallest absolute Gasteiger partial charge is 0.281 e. The number of halogens is 1. The summed E-state index contributed by atoms with van der Waals surface area (Å²) in [5.41, 5.74) is -0.323. The van der Waals surface area contributed by atoms with Crippen LogP contribution in [0.15, 0.2) is 37.7 Å². The van der Waals surface area contributed by atoms with Crippen LogP contribution >= 0.6 is 15.9 Å². The van der Waals surface area contributed by atoms with Gasteiger partial charge in [0.05, 0.1) is 9.40 Å². The molecule has 27 heavy (non-hydrogen) atoms. The second kappa shape index (κ2) is 8.09. The fourth-order valence-corrected chi connectivity index (χ4v) is 2.86. The molecular formula is C17H16BrN5O4. The van der Waals surface area contributed by atoms with Gasteiger partial charge < -0.3 is 5.11 Å². The molecule has 10 heteroatoms. The average molecular weight is 434 g/mol. The number of aromatic hydroxyl groups is 1. The van der Waals surface area contributed by atoms with Crippen molar-refractivity contribution in [1.29, 1.82) is 5.26 Å². The maximum Gasteiger partial charge on any atom is 0.281 e. The number of hydrogen-bond donors (Lipinski definition) is 1. The van der Waals surface area contributed by atoms with E-state index < -0.39 is 16.4 Å². The number of nitro groups is 1. The molecule has 0 saturated carbocycles. The zero-order chi connectivity index (χ0) is 20.3. The Balaban J connectivity index is 2.63. The molecule has 0 saturated heterocycles. The number of nitrogens with zero attached hydrogens (tertiary/aromatic N) is 5. The van der Waals surface area contributed by atoms with Gasteiger partial charge in [-0.25, -0.2) is 0 Å². The van der Waals surface area contributed by atoms with E-state index in [9.17, 15) is 25.3 Å². The van der Waals surface area contributed by atoms with Gasteiger partial charge in [-0.15, -0.1) is 10.2 Å². The molecule has 0 aliphatic carbocycles. The number of rotatable bonds is 5. The minimum atomic E-state index is -0.569. The zero-order valence-electron chi connectivity index (χ0n) is 14.8. The number of aromatic nitrogens is 1. The third-order valence-electron chi connectivity index (χ3n) is 4.15. The van der Waals surface area contributed by atoms with Crippen LogP contribution in [-0.2, 0) is 0 Å². The monoisotopic (exact) mass is 433 g/mol. The van der Waals surface area contributed by atoms with Crippen molar-refractivity contribution in [2.75, 3.05) is 0 Å². The van der Waals surface area contributed by atoms with Crippen LogP contribution in [0.1, 0.15) is 37.4 Å². The predicted octanol–water partition coefficient (Wildman–Crippen LogP) is 4.79. The second-order valence-corrected chi connectivity index (χ2v) is 6.66. The molecule has 1 aromatic heterocycles. The van der Waals surface area contributed by atoms with Gasteiger partial charge in [-0.2, -0.15) is 5.26 Å². The number of hydrogen-bond acceptors (Lipinski definition) is 7. The van der Waals surface area contributed by atoms with E-state index in [1.807, 2.05) is 13.0 Å². The lowest BCUT2D eigenvalue weighted by Gasteiger charge is -2.17. The molecule has 140 valence electrons. The fourth-order valence-electron chi connectivity index (χ4n) is 2.41. The highest BCUT2D eigenvalue weighted by Gasteiger charge is 2.21. The molecule has 0 bridgehead atoms. The summed E-state index contributed by atoms with van der Waals surface area (Å²) in [6.45, 7) is 5.09. The van der Waals surface area contributed by atoms with Gasteiger partial charge >= 0.3 is 0 Å². The first-order valence-electron chi connectivity index (χ1n) is 7.96. The standard InChI is InChI=1S/C17H16BrN5O4/c1-4-9(2)22-16(24)12(8-19)10(3)15(17(22)25)21-20-14-6-5-11(23(26)27)7-13(14)18/h5-7,9,24H,4H2,1-3H3. The molecule has 1 N–H and O–H groups in total. The van der Waals surface area contributed by atoms with Crippen LogP contribution in [0.25, 0.3) is 0 Å². The molecule has 1 atom stereocenters. The highest BCUT2D eigenvalue weighted by atomic mass is 79.9. The van der Waals surface area contributed by atoms with E-state index in [4.69, 9.17) is 0 Å². The Morgan fingerprint density at radius 2 is 2.11 bits per heavy atom. The summed E-state index contributed by atoms with van der Waals surface area (Å²) in [5.74, 6) is -0.398. The van der Waals surface area contributed by atoms with Crippen LogP contribution in [0.4, 0.5) is 17.1 Å². The van der Waals surface area contributed by atoms with Gasteiger partial charge in [0.2, 0.25) is 5.88 Å². The van der Waals surface area contributed by atoms with Gasteiger partial charge in [0.1, 0.15) is 17.3 Å². The molecule has 2 rings (SSSR count). The molecule has 0 amide bonds. The molecule has 0 aliphatic rings. The Hall–Kier alpha value is -3.06. The summed E-state index contributed by atoms with van der Waals surface area (Å²) in [7, 11) is 0. The molecule has 1 unspecified atom stereocenters. The number of nitriles is 1. The molecule has 0 spiro atoms. The Bertz CT molecular complexity index is 1040. The summed E-state index contributed by atoms with van der Waals surface area (Å²) in [5, 5.41) is 38.4. The third-order valence-corrected chi connectivity index (χ3v) is 4.78. The largest absolute Gasteiger partial charge is 0.493 e. The quantitative estimate of drug-likeness (QED) is 0.410. The summed E-state index contributed by atoms with van der Waals surface area (Å²) in [6, 6.07) is 5.47. The average Bonchev–Trinajstić information content (AvgIpc) is 2.62. The van der Waals surface area contributed by atoms with E-state index in [0.717, 1.165) is 4.57 Å². The Labute approximate surface area is 162 Å². The van der Waals surface area contributed by atoms with Crippen molar-refractivity contribution in [1.82, 2.24) is 4.57 Å². The van der Waals surface area contributed by atoms with Crippen LogP contribution in [0.5, 0.6) is 5.88 Å². The molecule has 2 aromatic rings. The van der Waals surface area contributed by atoms with Gasteiger partial charge in [-0.05, 0) is 42.3 Å². The normalized spacial score (nSPS) is 12.1. The highest BCUT2D eigenvalue weighted by molar-refractivity contribution is 9.10. The SMILES string of the molecule is CCC(C)n1c(O)c(C#N)c(C)c(N=Nc2ccc([N+](=O)[O-])cc2Br)c1=O. The van der Waals surface area contributed by atoms with E-state index in [1.54, 1.807) is 6.92 Å². The molecule has 9 nitrogen and oxygen atoms in total. The molecular weight excluding hydrogens is 418 g/mol. The van der Waals surface area contributed by atoms with Crippen molar-refractivity contribution in [2.45, 2.75) is 33.2 Å². The van der Waals surface area contributed by atoms with E-state index in [-0.39, 0.29) is 34.2 Å². The first-order valence-corrected chi connectivity index (χ1v) is 8.76. The lowest BCUT2D eigenvalue weighted by Crippen LogP contribution is -2.24. The minimum absolute atomic E-state index is 0.0494. The predicted molar refractivity (Wildman–Crippen MR) is 102 cm³/mol. The minimum Gasteiger partial charge on any atom is -0.493 e. The first-order chi connectivity index (χ1) is 12.7. The van der Waals surface area contributed by atoms with Gasteiger partial charge in [-0.3, -0.25) is 19.5 Å². The zero-order valence-corrected chi connectivity index (χ0v) is 16.4. The van der Waals surface area contributed by atoms with E-state index in [0.29, 0.717) is 10.9 Å². The Morgan fingerprint density at radius 3 is 2.63 bits per heavy atom. The van der Waals surface area contributed by atoms with E-state index in [2.05, 4.69) is 26.2 Å². The number of benzene rings is 1. The van der Waals surface area contributed by atoms with Crippen LogP contribution in [0.2, 0.25) is 0 Å². The first kappa shape index (κ1) is 20.3. The maximum absolute atomic E-state index is 12.8. The molecule has 0 fully saturated rings.